The van der Waals surface area contributed by atoms with E-state index in [-0.39, 0.29) is 10.6 Å². The molecule has 2 unspecified atom stereocenters. The normalized spacial score (nSPS) is 14.2. The number of hydrogen-bond donors (Lipinski definition) is 2. The third kappa shape index (κ3) is 4.15. The molecule has 0 aliphatic carbocycles. The highest BCUT2D eigenvalue weighted by molar-refractivity contribution is 7.90. The van der Waals surface area contributed by atoms with Crippen LogP contribution in [0.5, 0.6) is 0 Å². The summed E-state index contributed by atoms with van der Waals surface area (Å²) in [6.45, 7) is 3.05. The van der Waals surface area contributed by atoms with Crippen LogP contribution < -0.4 is 5.32 Å². The Kier molecular flexibility index (Phi) is 4.89. The van der Waals surface area contributed by atoms with Crippen LogP contribution in [0.1, 0.15) is 13.8 Å². The molecule has 0 saturated carbocycles. The van der Waals surface area contributed by atoms with Crippen molar-refractivity contribution in [1.29, 1.82) is 0 Å². The molecule has 0 spiro atoms. The number of nitro groups is 1. The highest BCUT2D eigenvalue weighted by atomic mass is 32.2. The summed E-state index contributed by atoms with van der Waals surface area (Å²) in [5.41, 5.74) is -0.338. The number of aliphatic carboxylic acids is 1. The lowest BCUT2D eigenvalue weighted by Gasteiger charge is -2.19. The Hall–Kier alpha value is -2.16. The molecule has 0 aliphatic heterocycles. The highest BCUT2D eigenvalue weighted by Gasteiger charge is 2.24. The fourth-order valence-corrected chi connectivity index (χ4v) is 2.24. The number of hydrogen-bond acceptors (Lipinski definition) is 6. The number of nitro benzene ring substituents is 1. The minimum atomic E-state index is -3.56. The molecule has 0 aromatic heterocycles. The zero-order valence-corrected chi connectivity index (χ0v) is 12.5. The van der Waals surface area contributed by atoms with Crippen molar-refractivity contribution in [3.05, 3.63) is 28.3 Å². The van der Waals surface area contributed by atoms with E-state index in [1.165, 1.54) is 19.1 Å². The number of anilines is 1. The van der Waals surface area contributed by atoms with E-state index in [9.17, 15) is 23.3 Å². The molecule has 0 amide bonds. The first kappa shape index (κ1) is 16.9. The molecular formula is C12H16N2O6S. The van der Waals surface area contributed by atoms with Gasteiger partial charge in [0.25, 0.3) is 5.69 Å². The van der Waals surface area contributed by atoms with Gasteiger partial charge in [-0.25, -0.2) is 8.42 Å². The van der Waals surface area contributed by atoms with Gasteiger partial charge in [0.15, 0.2) is 9.84 Å². The van der Waals surface area contributed by atoms with Crippen molar-refractivity contribution >= 4 is 27.2 Å². The van der Waals surface area contributed by atoms with Crippen LogP contribution in [0.4, 0.5) is 11.4 Å². The smallest absolute Gasteiger partial charge is 0.308 e. The largest absolute Gasteiger partial charge is 0.481 e. The third-order valence-electron chi connectivity index (χ3n) is 3.12. The Morgan fingerprint density at radius 2 is 1.95 bits per heavy atom. The lowest BCUT2D eigenvalue weighted by Crippen LogP contribution is -2.30. The molecule has 0 radical (unpaired) electrons. The number of sulfone groups is 1. The van der Waals surface area contributed by atoms with Crippen molar-refractivity contribution in [3.63, 3.8) is 0 Å². The number of nitrogens with one attached hydrogen (secondary N) is 1. The van der Waals surface area contributed by atoms with Crippen molar-refractivity contribution < 1.29 is 23.2 Å². The molecule has 116 valence electrons. The monoisotopic (exact) mass is 316 g/mol. The third-order valence-corrected chi connectivity index (χ3v) is 4.23. The molecule has 1 aromatic carbocycles. The lowest BCUT2D eigenvalue weighted by molar-refractivity contribution is -0.384. The molecule has 0 heterocycles. The molecule has 0 bridgehead atoms. The first-order chi connectivity index (χ1) is 9.54. The topological polar surface area (TPSA) is 127 Å². The van der Waals surface area contributed by atoms with Crippen LogP contribution in [0.3, 0.4) is 0 Å². The summed E-state index contributed by atoms with van der Waals surface area (Å²) in [7, 11) is -3.56. The molecule has 0 saturated heterocycles. The quantitative estimate of drug-likeness (QED) is 0.601. The van der Waals surface area contributed by atoms with Gasteiger partial charge in [0, 0.05) is 18.4 Å². The molecule has 0 aliphatic rings. The van der Waals surface area contributed by atoms with Crippen LogP contribution in [0.2, 0.25) is 0 Å². The maximum absolute atomic E-state index is 11.4. The van der Waals surface area contributed by atoms with E-state index in [4.69, 9.17) is 5.11 Å². The zero-order valence-electron chi connectivity index (χ0n) is 11.7. The van der Waals surface area contributed by atoms with E-state index in [0.29, 0.717) is 0 Å². The molecule has 21 heavy (non-hydrogen) atoms. The van der Waals surface area contributed by atoms with Gasteiger partial charge in [-0.3, -0.25) is 14.9 Å². The second kappa shape index (κ2) is 6.08. The van der Waals surface area contributed by atoms with E-state index >= 15 is 0 Å². The number of carboxylic acid groups (broad SMARTS) is 1. The summed E-state index contributed by atoms with van der Waals surface area (Å²) in [5.74, 6) is -1.80. The van der Waals surface area contributed by atoms with Crippen molar-refractivity contribution in [1.82, 2.24) is 0 Å². The van der Waals surface area contributed by atoms with Crippen molar-refractivity contribution in [2.45, 2.75) is 24.8 Å². The van der Waals surface area contributed by atoms with E-state index < -0.39 is 38.4 Å². The average molecular weight is 316 g/mol. The molecule has 0 fully saturated rings. The second-order valence-corrected chi connectivity index (χ2v) is 6.78. The Bertz CT molecular complexity index is 670. The first-order valence-electron chi connectivity index (χ1n) is 6.02. The summed E-state index contributed by atoms with van der Waals surface area (Å²) in [6, 6.07) is 2.89. The predicted octanol–water partition coefficient (Wildman–Crippen LogP) is 1.52. The van der Waals surface area contributed by atoms with E-state index in [1.807, 2.05) is 0 Å². The SMILES string of the molecule is CC(Nc1ccc(S(C)(=O)=O)cc1[N+](=O)[O-])C(C)C(=O)O. The number of rotatable bonds is 6. The van der Waals surface area contributed by atoms with Gasteiger partial charge >= 0.3 is 5.97 Å². The summed E-state index contributed by atoms with van der Waals surface area (Å²) in [5, 5.41) is 22.7. The minimum Gasteiger partial charge on any atom is -0.481 e. The highest BCUT2D eigenvalue weighted by Crippen LogP contribution is 2.28. The van der Waals surface area contributed by atoms with Crippen LogP contribution in [-0.2, 0) is 14.6 Å². The minimum absolute atomic E-state index is 0.0769. The van der Waals surface area contributed by atoms with Gasteiger partial charge in [-0.1, -0.05) is 0 Å². The number of carbonyl (C=O) groups is 1. The number of carboxylic acids is 1. The van der Waals surface area contributed by atoms with Crippen LogP contribution in [0, 0.1) is 16.0 Å². The predicted molar refractivity (Wildman–Crippen MR) is 76.1 cm³/mol. The van der Waals surface area contributed by atoms with Gasteiger partial charge < -0.3 is 10.4 Å². The van der Waals surface area contributed by atoms with Gasteiger partial charge in [0.1, 0.15) is 5.69 Å². The Balaban J connectivity index is 3.19. The maximum Gasteiger partial charge on any atom is 0.308 e. The zero-order chi connectivity index (χ0) is 16.4. The molecular weight excluding hydrogens is 300 g/mol. The summed E-state index contributed by atoms with van der Waals surface area (Å²) in [6.07, 6.45) is 0.953. The van der Waals surface area contributed by atoms with Gasteiger partial charge in [0.05, 0.1) is 15.7 Å². The first-order valence-corrected chi connectivity index (χ1v) is 7.91. The summed E-state index contributed by atoms with van der Waals surface area (Å²) >= 11 is 0. The molecule has 9 heteroatoms. The van der Waals surface area contributed by atoms with E-state index in [1.54, 1.807) is 6.92 Å². The molecule has 2 N–H and O–H groups in total. The fraction of sp³-hybridized carbons (Fsp3) is 0.417. The van der Waals surface area contributed by atoms with Crippen molar-refractivity contribution in [2.24, 2.45) is 5.92 Å². The van der Waals surface area contributed by atoms with E-state index in [0.717, 1.165) is 12.3 Å². The van der Waals surface area contributed by atoms with Crippen LogP contribution >= 0.6 is 0 Å². The van der Waals surface area contributed by atoms with Gasteiger partial charge in [-0.2, -0.15) is 0 Å². The molecule has 8 nitrogen and oxygen atoms in total. The second-order valence-electron chi connectivity index (χ2n) is 4.77. The lowest BCUT2D eigenvalue weighted by atomic mass is 10.0. The number of benzene rings is 1. The molecule has 1 rings (SSSR count). The van der Waals surface area contributed by atoms with Gasteiger partial charge in [0.2, 0.25) is 0 Å². The van der Waals surface area contributed by atoms with Crippen molar-refractivity contribution in [2.75, 3.05) is 11.6 Å². The average Bonchev–Trinajstić information content (AvgIpc) is 2.36. The Labute approximate surface area is 121 Å². The molecule has 2 atom stereocenters. The van der Waals surface area contributed by atoms with Gasteiger partial charge in [-0.05, 0) is 26.0 Å². The Morgan fingerprint density at radius 3 is 2.38 bits per heavy atom. The van der Waals surface area contributed by atoms with Gasteiger partial charge in [-0.15, -0.1) is 0 Å². The standard InChI is InChI=1S/C12H16N2O6S/c1-7(12(15)16)8(2)13-10-5-4-9(21(3,19)20)6-11(10)14(17)18/h4-8,13H,1-3H3,(H,15,16). The van der Waals surface area contributed by atoms with Crippen LogP contribution in [0.15, 0.2) is 23.1 Å². The van der Waals surface area contributed by atoms with Crippen molar-refractivity contribution in [3.8, 4) is 0 Å². The Morgan fingerprint density at radius 1 is 1.38 bits per heavy atom. The number of nitrogens with zero attached hydrogens (tertiary/aromatic N) is 1. The van der Waals surface area contributed by atoms with Crippen LogP contribution in [0.25, 0.3) is 0 Å². The fourth-order valence-electron chi connectivity index (χ4n) is 1.60. The molecule has 1 aromatic rings. The van der Waals surface area contributed by atoms with Crippen LogP contribution in [-0.4, -0.2) is 36.7 Å². The maximum atomic E-state index is 11.4. The van der Waals surface area contributed by atoms with E-state index in [2.05, 4.69) is 5.32 Å². The summed E-state index contributed by atoms with van der Waals surface area (Å²) < 4.78 is 22.8. The summed E-state index contributed by atoms with van der Waals surface area (Å²) in [4.78, 5) is 21.0.